The third-order valence-corrected chi connectivity index (χ3v) is 4.93. The molecule has 0 saturated carbocycles. The van der Waals surface area contributed by atoms with Crippen molar-refractivity contribution in [3.8, 4) is 10.4 Å². The number of rotatable bonds is 3. The van der Waals surface area contributed by atoms with Gasteiger partial charge in [0.05, 0.1) is 6.42 Å². The molecule has 0 radical (unpaired) electrons. The third kappa shape index (κ3) is 2.49. The number of hydrogen-bond acceptors (Lipinski definition) is 2. The normalized spacial score (nSPS) is 10.8. The van der Waals surface area contributed by atoms with Crippen molar-refractivity contribution in [2.24, 2.45) is 0 Å². The Hall–Kier alpha value is -1.65. The summed E-state index contributed by atoms with van der Waals surface area (Å²) in [6, 6.07) is 16.2. The summed E-state index contributed by atoms with van der Waals surface area (Å²) in [6.07, 6.45) is 0.0825. The van der Waals surface area contributed by atoms with Crippen molar-refractivity contribution in [3.05, 3.63) is 57.9 Å². The molecule has 2 aromatic carbocycles. The highest BCUT2D eigenvalue weighted by Gasteiger charge is 2.10. The van der Waals surface area contributed by atoms with E-state index in [4.69, 9.17) is 5.11 Å². The molecule has 0 saturated heterocycles. The van der Waals surface area contributed by atoms with Crippen LogP contribution in [-0.2, 0) is 11.2 Å². The number of hydrogen-bond donors (Lipinski definition) is 1. The van der Waals surface area contributed by atoms with Gasteiger partial charge >= 0.3 is 5.97 Å². The zero-order valence-electron chi connectivity index (χ0n) is 10.5. The maximum atomic E-state index is 10.8. The standard InChI is InChI=1S/C16H11BrO2S/c17-14-7-6-13(11-3-1-2-4-12(11)14)15-8-5-10(20-15)9-16(18)19/h1-8H,9H2,(H,18,19). The predicted octanol–water partition coefficient (Wildman–Crippen LogP) is 4.96. The van der Waals surface area contributed by atoms with Crippen LogP contribution in [0.4, 0.5) is 0 Å². The maximum Gasteiger partial charge on any atom is 0.308 e. The molecule has 1 N–H and O–H groups in total. The van der Waals surface area contributed by atoms with E-state index in [1.807, 2.05) is 30.3 Å². The fraction of sp³-hybridized carbons (Fsp3) is 0.0625. The molecule has 0 spiro atoms. The quantitative estimate of drug-likeness (QED) is 0.727. The van der Waals surface area contributed by atoms with Gasteiger partial charge in [-0.2, -0.15) is 0 Å². The molecule has 2 nitrogen and oxygen atoms in total. The van der Waals surface area contributed by atoms with E-state index in [1.165, 1.54) is 16.7 Å². The van der Waals surface area contributed by atoms with Gasteiger partial charge < -0.3 is 5.11 Å². The van der Waals surface area contributed by atoms with Crippen molar-refractivity contribution in [1.29, 1.82) is 0 Å². The molecule has 0 aliphatic heterocycles. The summed E-state index contributed by atoms with van der Waals surface area (Å²) in [7, 11) is 0. The van der Waals surface area contributed by atoms with Crippen LogP contribution in [0.5, 0.6) is 0 Å². The number of carboxylic acids is 1. The minimum atomic E-state index is -0.793. The Morgan fingerprint density at radius 3 is 2.55 bits per heavy atom. The van der Waals surface area contributed by atoms with Crippen LogP contribution in [0.2, 0.25) is 0 Å². The molecule has 3 rings (SSSR count). The highest BCUT2D eigenvalue weighted by atomic mass is 79.9. The first kappa shape index (κ1) is 13.3. The number of carbonyl (C=O) groups is 1. The van der Waals surface area contributed by atoms with E-state index in [9.17, 15) is 4.79 Å². The van der Waals surface area contributed by atoms with E-state index < -0.39 is 5.97 Å². The first-order valence-electron chi connectivity index (χ1n) is 6.13. The molecule has 4 heteroatoms. The fourth-order valence-electron chi connectivity index (χ4n) is 2.24. The molecule has 0 aliphatic carbocycles. The zero-order valence-corrected chi connectivity index (χ0v) is 12.9. The van der Waals surface area contributed by atoms with Crippen molar-refractivity contribution >= 4 is 44.0 Å². The van der Waals surface area contributed by atoms with Crippen molar-refractivity contribution in [2.75, 3.05) is 0 Å². The lowest BCUT2D eigenvalue weighted by atomic mass is 10.0. The summed E-state index contributed by atoms with van der Waals surface area (Å²) in [5.41, 5.74) is 1.14. The fourth-order valence-corrected chi connectivity index (χ4v) is 3.76. The van der Waals surface area contributed by atoms with E-state index in [0.717, 1.165) is 25.2 Å². The van der Waals surface area contributed by atoms with Crippen molar-refractivity contribution < 1.29 is 9.90 Å². The van der Waals surface area contributed by atoms with Gasteiger partial charge in [-0.05, 0) is 34.5 Å². The Bertz CT molecular complexity index is 792. The third-order valence-electron chi connectivity index (χ3n) is 3.12. The maximum absolute atomic E-state index is 10.8. The van der Waals surface area contributed by atoms with Crippen LogP contribution in [-0.4, -0.2) is 11.1 Å². The predicted molar refractivity (Wildman–Crippen MR) is 86.3 cm³/mol. The van der Waals surface area contributed by atoms with E-state index in [2.05, 4.69) is 34.1 Å². The van der Waals surface area contributed by atoms with Gasteiger partial charge in [-0.1, -0.05) is 46.3 Å². The smallest absolute Gasteiger partial charge is 0.308 e. The molecule has 0 bridgehead atoms. The average molecular weight is 347 g/mol. The Morgan fingerprint density at radius 1 is 1.05 bits per heavy atom. The summed E-state index contributed by atoms with van der Waals surface area (Å²) >= 11 is 5.11. The monoisotopic (exact) mass is 346 g/mol. The van der Waals surface area contributed by atoms with Crippen LogP contribution in [0.3, 0.4) is 0 Å². The summed E-state index contributed by atoms with van der Waals surface area (Å²) < 4.78 is 1.07. The minimum absolute atomic E-state index is 0.0825. The van der Waals surface area contributed by atoms with Crippen molar-refractivity contribution in [1.82, 2.24) is 0 Å². The van der Waals surface area contributed by atoms with Gasteiger partial charge in [-0.15, -0.1) is 11.3 Å². The lowest BCUT2D eigenvalue weighted by Crippen LogP contribution is -1.96. The Kier molecular flexibility index (Phi) is 3.59. The SMILES string of the molecule is O=C(O)Cc1ccc(-c2ccc(Br)c3ccccc23)s1. The molecular weight excluding hydrogens is 336 g/mol. The molecule has 0 amide bonds. The summed E-state index contributed by atoms with van der Waals surface area (Å²) in [4.78, 5) is 12.7. The molecule has 0 aliphatic rings. The van der Waals surface area contributed by atoms with Crippen LogP contribution in [0.1, 0.15) is 4.88 Å². The lowest BCUT2D eigenvalue weighted by molar-refractivity contribution is -0.136. The Labute approximate surface area is 128 Å². The topological polar surface area (TPSA) is 37.3 Å². The largest absolute Gasteiger partial charge is 0.481 e. The summed E-state index contributed by atoms with van der Waals surface area (Å²) in [5, 5.41) is 11.2. The van der Waals surface area contributed by atoms with Crippen LogP contribution in [0.25, 0.3) is 21.2 Å². The van der Waals surface area contributed by atoms with Crippen LogP contribution in [0.15, 0.2) is 53.0 Å². The van der Waals surface area contributed by atoms with E-state index in [1.54, 1.807) is 0 Å². The average Bonchev–Trinajstić information content (AvgIpc) is 2.87. The van der Waals surface area contributed by atoms with Crippen LogP contribution in [0, 0.1) is 0 Å². The molecule has 0 atom stereocenters. The minimum Gasteiger partial charge on any atom is -0.481 e. The molecular formula is C16H11BrO2S. The van der Waals surface area contributed by atoms with Gasteiger partial charge in [-0.25, -0.2) is 0 Å². The molecule has 20 heavy (non-hydrogen) atoms. The lowest BCUT2D eigenvalue weighted by Gasteiger charge is -2.06. The second-order valence-electron chi connectivity index (χ2n) is 4.48. The highest BCUT2D eigenvalue weighted by molar-refractivity contribution is 9.10. The zero-order chi connectivity index (χ0) is 14.1. The second-order valence-corrected chi connectivity index (χ2v) is 6.50. The number of benzene rings is 2. The van der Waals surface area contributed by atoms with Gasteiger partial charge in [0, 0.05) is 14.2 Å². The first-order chi connectivity index (χ1) is 9.65. The molecule has 1 heterocycles. The van der Waals surface area contributed by atoms with Gasteiger partial charge in [0.15, 0.2) is 0 Å². The van der Waals surface area contributed by atoms with E-state index in [-0.39, 0.29) is 6.42 Å². The van der Waals surface area contributed by atoms with Crippen molar-refractivity contribution in [3.63, 3.8) is 0 Å². The summed E-state index contributed by atoms with van der Waals surface area (Å²) in [5.74, 6) is -0.793. The number of aliphatic carboxylic acids is 1. The van der Waals surface area contributed by atoms with Crippen LogP contribution < -0.4 is 0 Å². The highest BCUT2D eigenvalue weighted by Crippen LogP contribution is 2.36. The van der Waals surface area contributed by atoms with Crippen molar-refractivity contribution in [2.45, 2.75) is 6.42 Å². The second kappa shape index (κ2) is 5.38. The molecule has 0 unspecified atom stereocenters. The van der Waals surface area contributed by atoms with Gasteiger partial charge in [0.1, 0.15) is 0 Å². The molecule has 0 fully saturated rings. The van der Waals surface area contributed by atoms with Gasteiger partial charge in [-0.3, -0.25) is 4.79 Å². The number of fused-ring (bicyclic) bond motifs is 1. The van der Waals surface area contributed by atoms with Gasteiger partial charge in [0.2, 0.25) is 0 Å². The number of thiophene rings is 1. The Balaban J connectivity index is 2.13. The first-order valence-corrected chi connectivity index (χ1v) is 7.74. The van der Waals surface area contributed by atoms with E-state index in [0.29, 0.717) is 0 Å². The number of halogens is 1. The molecule has 1 aromatic heterocycles. The van der Waals surface area contributed by atoms with E-state index >= 15 is 0 Å². The van der Waals surface area contributed by atoms with Crippen LogP contribution >= 0.6 is 27.3 Å². The number of carboxylic acid groups (broad SMARTS) is 1. The summed E-state index contributed by atoms with van der Waals surface area (Å²) in [6.45, 7) is 0. The van der Waals surface area contributed by atoms with Gasteiger partial charge in [0.25, 0.3) is 0 Å². The molecule has 3 aromatic rings. The molecule has 100 valence electrons. The Morgan fingerprint density at radius 2 is 1.80 bits per heavy atom.